The maximum atomic E-state index is 12.8. The normalized spacial score (nSPS) is 15.1. The summed E-state index contributed by atoms with van der Waals surface area (Å²) in [6, 6.07) is 15.9. The van der Waals surface area contributed by atoms with Gasteiger partial charge >= 0.3 is 0 Å². The van der Waals surface area contributed by atoms with E-state index in [1.807, 2.05) is 77.5 Å². The van der Waals surface area contributed by atoms with Crippen molar-refractivity contribution >= 4 is 11.9 Å². The fraction of sp³-hybridized carbons (Fsp3) is 0.167. The maximum Gasteiger partial charge on any atom is 0.189 e. The zero-order chi connectivity index (χ0) is 19.2. The number of fused-ring (bicyclic) bond motifs is 1. The summed E-state index contributed by atoms with van der Waals surface area (Å²) in [7, 11) is 0. The van der Waals surface area contributed by atoms with Crippen LogP contribution in [0.3, 0.4) is 0 Å². The topological polar surface area (TPSA) is 44.1 Å². The van der Waals surface area contributed by atoms with Gasteiger partial charge in [-0.15, -0.1) is 0 Å². The number of imidazole rings is 1. The minimum absolute atomic E-state index is 0.115. The Morgan fingerprint density at radius 2 is 2.00 bits per heavy atom. The van der Waals surface area contributed by atoms with Gasteiger partial charge in [0.2, 0.25) is 0 Å². The molecular formula is C24H22N2O2. The van der Waals surface area contributed by atoms with Crippen molar-refractivity contribution in [1.29, 1.82) is 0 Å². The van der Waals surface area contributed by atoms with Crippen LogP contribution < -0.4 is 4.74 Å². The molecule has 0 spiro atoms. The third kappa shape index (κ3) is 4.29. The van der Waals surface area contributed by atoms with Gasteiger partial charge in [0.05, 0.1) is 12.9 Å². The van der Waals surface area contributed by atoms with E-state index < -0.39 is 0 Å². The second kappa shape index (κ2) is 8.53. The van der Waals surface area contributed by atoms with Crippen LogP contribution in [0.15, 0.2) is 85.0 Å². The second-order valence-electron chi connectivity index (χ2n) is 6.76. The molecule has 0 bridgehead atoms. The molecule has 0 saturated heterocycles. The quantitative estimate of drug-likeness (QED) is 0.589. The third-order valence-corrected chi connectivity index (χ3v) is 4.84. The fourth-order valence-electron chi connectivity index (χ4n) is 3.33. The van der Waals surface area contributed by atoms with Crippen LogP contribution in [0.5, 0.6) is 5.75 Å². The number of aryl methyl sites for hydroxylation is 1. The first-order valence-electron chi connectivity index (χ1n) is 9.48. The highest BCUT2D eigenvalue weighted by molar-refractivity contribution is 6.11. The lowest BCUT2D eigenvalue weighted by atomic mass is 9.86. The Morgan fingerprint density at radius 1 is 1.11 bits per heavy atom. The Kier molecular flexibility index (Phi) is 5.48. The average molecular weight is 370 g/mol. The molecule has 0 fully saturated rings. The number of hydrogen-bond acceptors (Lipinski definition) is 3. The third-order valence-electron chi connectivity index (χ3n) is 4.84. The molecule has 28 heavy (non-hydrogen) atoms. The average Bonchev–Trinajstić information content (AvgIpc) is 3.24. The van der Waals surface area contributed by atoms with E-state index in [-0.39, 0.29) is 5.78 Å². The number of carbonyl (C=O) groups excluding carboxylic acids is 1. The van der Waals surface area contributed by atoms with Crippen molar-refractivity contribution in [2.75, 3.05) is 6.61 Å². The molecule has 2 aromatic carbocycles. The Hall–Kier alpha value is -3.40. The van der Waals surface area contributed by atoms with Crippen LogP contribution in [0.2, 0.25) is 0 Å². The molecule has 0 amide bonds. The number of allylic oxidation sites excluding steroid dienone is 3. The van der Waals surface area contributed by atoms with Crippen LogP contribution in [-0.2, 0) is 13.0 Å². The van der Waals surface area contributed by atoms with Crippen molar-refractivity contribution in [3.63, 3.8) is 0 Å². The molecule has 1 heterocycles. The lowest BCUT2D eigenvalue weighted by Gasteiger charge is -2.18. The van der Waals surface area contributed by atoms with Crippen molar-refractivity contribution in [2.24, 2.45) is 0 Å². The van der Waals surface area contributed by atoms with E-state index in [4.69, 9.17) is 4.74 Å². The molecule has 0 N–H and O–H groups in total. The molecule has 0 saturated carbocycles. The van der Waals surface area contributed by atoms with Crippen LogP contribution in [0.1, 0.15) is 27.9 Å². The first-order valence-corrected chi connectivity index (χ1v) is 9.48. The number of carbonyl (C=O) groups is 1. The van der Waals surface area contributed by atoms with E-state index in [9.17, 15) is 4.79 Å². The highest BCUT2D eigenvalue weighted by Gasteiger charge is 2.21. The van der Waals surface area contributed by atoms with Gasteiger partial charge in [-0.05, 0) is 42.2 Å². The standard InChI is InChI=1S/C24H22N2O2/c27-24-20(8-4-7-19-5-2-1-3-6-19)9-10-21-17-22(11-12-23(21)24)28-16-15-26-14-13-25-18-26/h1-8,11-14,17-18H,9-10,15-16H2/b7-4+,20-8+. The van der Waals surface area contributed by atoms with Gasteiger partial charge in [-0.25, -0.2) is 4.98 Å². The minimum Gasteiger partial charge on any atom is -0.492 e. The highest BCUT2D eigenvalue weighted by atomic mass is 16.5. The lowest BCUT2D eigenvalue weighted by Crippen LogP contribution is -2.14. The van der Waals surface area contributed by atoms with E-state index in [2.05, 4.69) is 4.98 Å². The summed E-state index contributed by atoms with van der Waals surface area (Å²) in [5.41, 5.74) is 3.83. The van der Waals surface area contributed by atoms with Gasteiger partial charge in [-0.1, -0.05) is 48.6 Å². The van der Waals surface area contributed by atoms with Gasteiger partial charge in [0.15, 0.2) is 5.78 Å². The second-order valence-corrected chi connectivity index (χ2v) is 6.76. The van der Waals surface area contributed by atoms with Crippen molar-refractivity contribution in [3.8, 4) is 5.75 Å². The van der Waals surface area contributed by atoms with Gasteiger partial charge in [0.25, 0.3) is 0 Å². The minimum atomic E-state index is 0.115. The summed E-state index contributed by atoms with van der Waals surface area (Å²) in [5, 5.41) is 0. The smallest absolute Gasteiger partial charge is 0.189 e. The van der Waals surface area contributed by atoms with E-state index in [0.717, 1.165) is 47.4 Å². The maximum absolute atomic E-state index is 12.8. The molecule has 0 aliphatic heterocycles. The SMILES string of the molecule is O=C1/C(=C/C=C/c2ccccc2)CCc2cc(OCCn3ccnc3)ccc21. The molecule has 4 nitrogen and oxygen atoms in total. The van der Waals surface area contributed by atoms with Gasteiger partial charge in [-0.2, -0.15) is 0 Å². The fourth-order valence-corrected chi connectivity index (χ4v) is 3.33. The predicted molar refractivity (Wildman–Crippen MR) is 110 cm³/mol. The Bertz CT molecular complexity index is 1000. The first kappa shape index (κ1) is 18.0. The molecule has 3 aromatic rings. The summed E-state index contributed by atoms with van der Waals surface area (Å²) in [6.07, 6.45) is 13.0. The van der Waals surface area contributed by atoms with Crippen LogP contribution in [0, 0.1) is 0 Å². The van der Waals surface area contributed by atoms with Crippen molar-refractivity contribution in [1.82, 2.24) is 9.55 Å². The number of rotatable bonds is 6. The molecule has 0 unspecified atom stereocenters. The van der Waals surface area contributed by atoms with Crippen LogP contribution >= 0.6 is 0 Å². The predicted octanol–water partition coefficient (Wildman–Crippen LogP) is 4.73. The molecule has 4 heteroatoms. The van der Waals surface area contributed by atoms with Crippen LogP contribution in [0.4, 0.5) is 0 Å². The molecule has 1 aliphatic rings. The summed E-state index contributed by atoms with van der Waals surface area (Å²) >= 11 is 0. The van der Waals surface area contributed by atoms with E-state index in [1.54, 1.807) is 12.5 Å². The number of ketones is 1. The Balaban J connectivity index is 1.40. The summed E-state index contributed by atoms with van der Waals surface area (Å²) < 4.78 is 7.81. The molecule has 0 atom stereocenters. The van der Waals surface area contributed by atoms with Gasteiger partial charge in [0, 0.05) is 23.5 Å². The van der Waals surface area contributed by atoms with E-state index in [0.29, 0.717) is 6.61 Å². The monoisotopic (exact) mass is 370 g/mol. The summed E-state index contributed by atoms with van der Waals surface area (Å²) in [5.74, 6) is 0.923. The van der Waals surface area contributed by atoms with Crippen LogP contribution in [-0.4, -0.2) is 21.9 Å². The first-order chi connectivity index (χ1) is 13.8. The van der Waals surface area contributed by atoms with Gasteiger partial charge < -0.3 is 9.30 Å². The number of nitrogens with zero attached hydrogens (tertiary/aromatic N) is 2. The van der Waals surface area contributed by atoms with Crippen molar-refractivity contribution in [2.45, 2.75) is 19.4 Å². The Labute approximate surface area is 164 Å². The Morgan fingerprint density at radius 3 is 2.82 bits per heavy atom. The summed E-state index contributed by atoms with van der Waals surface area (Å²) in [4.78, 5) is 16.8. The molecule has 140 valence electrons. The van der Waals surface area contributed by atoms with Gasteiger partial charge in [0.1, 0.15) is 12.4 Å². The molecular weight excluding hydrogens is 348 g/mol. The lowest BCUT2D eigenvalue weighted by molar-refractivity contribution is 0.102. The zero-order valence-corrected chi connectivity index (χ0v) is 15.6. The molecule has 1 aliphatic carbocycles. The van der Waals surface area contributed by atoms with Gasteiger partial charge in [-0.3, -0.25) is 4.79 Å². The summed E-state index contributed by atoms with van der Waals surface area (Å²) in [6.45, 7) is 1.31. The number of Topliss-reactive ketones (excluding diaryl/α,β-unsaturated/α-hetero) is 1. The van der Waals surface area contributed by atoms with Crippen molar-refractivity contribution < 1.29 is 9.53 Å². The number of ether oxygens (including phenoxy) is 1. The van der Waals surface area contributed by atoms with E-state index in [1.165, 1.54) is 0 Å². The zero-order valence-electron chi connectivity index (χ0n) is 15.6. The molecule has 4 rings (SSSR count). The number of benzene rings is 2. The van der Waals surface area contributed by atoms with E-state index >= 15 is 0 Å². The highest BCUT2D eigenvalue weighted by Crippen LogP contribution is 2.28. The van der Waals surface area contributed by atoms with Crippen LogP contribution in [0.25, 0.3) is 6.08 Å². The van der Waals surface area contributed by atoms with Crippen molar-refractivity contribution in [3.05, 3.63) is 102 Å². The molecule has 1 aromatic heterocycles. The molecule has 0 radical (unpaired) electrons. The number of hydrogen-bond donors (Lipinski definition) is 0. The number of aromatic nitrogens is 2. The largest absolute Gasteiger partial charge is 0.492 e.